The van der Waals surface area contributed by atoms with E-state index in [1.54, 1.807) is 7.05 Å². The highest BCUT2D eigenvalue weighted by atomic mass is 32.1. The normalized spacial score (nSPS) is 12.4. The summed E-state index contributed by atoms with van der Waals surface area (Å²) in [4.78, 5) is 13.2. The lowest BCUT2D eigenvalue weighted by atomic mass is 10.2. The number of nitrogens with zero attached hydrogens (tertiary/aromatic N) is 1. The zero-order valence-corrected chi connectivity index (χ0v) is 9.93. The topological polar surface area (TPSA) is 55.6 Å². The van der Waals surface area contributed by atoms with Crippen molar-refractivity contribution in [3.05, 3.63) is 0 Å². The molecule has 0 rings (SSSR count). The molecular formula is C9H18N2O2S. The second-order valence-corrected chi connectivity index (χ2v) is 4.09. The first kappa shape index (κ1) is 13.2. The zero-order chi connectivity index (χ0) is 11.3. The number of ether oxygens (including phenoxy) is 1. The lowest BCUT2D eigenvalue weighted by Crippen LogP contribution is -2.36. The standard InChI is InChI=1S/C9H18N2O2S/c1-6(2)13-9(12)11(4)5-7(3)8(10)14/h6-7H,5H2,1-4H3,(H2,10,14). The Labute approximate surface area is 90.4 Å². The minimum absolute atomic E-state index is 0.00899. The van der Waals surface area contributed by atoms with Gasteiger partial charge in [-0.05, 0) is 13.8 Å². The van der Waals surface area contributed by atoms with Crippen LogP contribution in [0.5, 0.6) is 0 Å². The molecule has 1 unspecified atom stereocenters. The fourth-order valence-electron chi connectivity index (χ4n) is 0.867. The predicted octanol–water partition coefficient (Wildman–Crippen LogP) is 1.39. The van der Waals surface area contributed by atoms with Crippen molar-refractivity contribution in [2.75, 3.05) is 13.6 Å². The van der Waals surface area contributed by atoms with Gasteiger partial charge in [0.2, 0.25) is 0 Å². The highest BCUT2D eigenvalue weighted by molar-refractivity contribution is 7.80. The van der Waals surface area contributed by atoms with Gasteiger partial charge in [-0.2, -0.15) is 0 Å². The molecule has 0 aromatic rings. The third-order valence-corrected chi connectivity index (χ3v) is 2.08. The molecule has 0 aromatic heterocycles. The Morgan fingerprint density at radius 3 is 2.36 bits per heavy atom. The third kappa shape index (κ3) is 5.01. The molecule has 0 bridgehead atoms. The molecule has 1 amide bonds. The van der Waals surface area contributed by atoms with Crippen LogP contribution in [0.4, 0.5) is 4.79 Å². The number of thiocarbonyl (C=S) groups is 1. The van der Waals surface area contributed by atoms with Crippen molar-refractivity contribution in [3.8, 4) is 0 Å². The molecule has 14 heavy (non-hydrogen) atoms. The van der Waals surface area contributed by atoms with Gasteiger partial charge in [-0.1, -0.05) is 19.1 Å². The average Bonchev–Trinajstić information content (AvgIpc) is 2.02. The van der Waals surface area contributed by atoms with E-state index in [0.717, 1.165) is 0 Å². The van der Waals surface area contributed by atoms with Crippen LogP contribution in [0.15, 0.2) is 0 Å². The van der Waals surface area contributed by atoms with Crippen LogP contribution < -0.4 is 5.73 Å². The number of amides is 1. The average molecular weight is 218 g/mol. The minimum atomic E-state index is -0.344. The number of nitrogens with two attached hydrogens (primary N) is 1. The first-order valence-electron chi connectivity index (χ1n) is 4.55. The Hall–Kier alpha value is -0.840. The molecule has 0 aromatic carbocycles. The molecule has 0 aliphatic rings. The Bertz CT molecular complexity index is 219. The van der Waals surface area contributed by atoms with E-state index >= 15 is 0 Å². The van der Waals surface area contributed by atoms with Crippen LogP contribution in [0.25, 0.3) is 0 Å². The Morgan fingerprint density at radius 2 is 2.00 bits per heavy atom. The van der Waals surface area contributed by atoms with E-state index in [9.17, 15) is 4.79 Å². The van der Waals surface area contributed by atoms with Crippen LogP contribution in [0.1, 0.15) is 20.8 Å². The molecule has 5 heteroatoms. The fraction of sp³-hybridized carbons (Fsp3) is 0.778. The second kappa shape index (κ2) is 5.80. The highest BCUT2D eigenvalue weighted by Crippen LogP contribution is 2.02. The van der Waals surface area contributed by atoms with Gasteiger partial charge in [0.05, 0.1) is 11.1 Å². The Morgan fingerprint density at radius 1 is 1.50 bits per heavy atom. The molecule has 0 saturated carbocycles. The molecule has 82 valence electrons. The second-order valence-electron chi connectivity index (χ2n) is 3.62. The summed E-state index contributed by atoms with van der Waals surface area (Å²) in [7, 11) is 1.67. The van der Waals surface area contributed by atoms with Crippen molar-refractivity contribution in [3.63, 3.8) is 0 Å². The number of hydrogen-bond donors (Lipinski definition) is 1. The highest BCUT2D eigenvalue weighted by Gasteiger charge is 2.15. The summed E-state index contributed by atoms with van der Waals surface area (Å²) in [5, 5.41) is 0. The van der Waals surface area contributed by atoms with Gasteiger partial charge in [-0.15, -0.1) is 0 Å². The molecular weight excluding hydrogens is 200 g/mol. The van der Waals surface area contributed by atoms with E-state index in [1.165, 1.54) is 4.90 Å². The third-order valence-electron chi connectivity index (χ3n) is 1.68. The lowest BCUT2D eigenvalue weighted by Gasteiger charge is -2.21. The van der Waals surface area contributed by atoms with E-state index in [1.807, 2.05) is 20.8 Å². The van der Waals surface area contributed by atoms with E-state index in [2.05, 4.69) is 0 Å². The lowest BCUT2D eigenvalue weighted by molar-refractivity contribution is 0.0826. The summed E-state index contributed by atoms with van der Waals surface area (Å²) in [6.07, 6.45) is -0.451. The predicted molar refractivity (Wildman–Crippen MR) is 60.2 cm³/mol. The van der Waals surface area contributed by atoms with Crippen LogP contribution in [0, 0.1) is 5.92 Å². The molecule has 0 fully saturated rings. The van der Waals surface area contributed by atoms with Gasteiger partial charge in [-0.3, -0.25) is 0 Å². The first-order valence-corrected chi connectivity index (χ1v) is 4.96. The van der Waals surface area contributed by atoms with Crippen LogP contribution in [-0.4, -0.2) is 35.7 Å². The zero-order valence-electron chi connectivity index (χ0n) is 9.11. The largest absolute Gasteiger partial charge is 0.447 e. The smallest absolute Gasteiger partial charge is 0.409 e. The summed E-state index contributed by atoms with van der Waals surface area (Å²) in [5.74, 6) is 0.00899. The van der Waals surface area contributed by atoms with Crippen molar-refractivity contribution in [2.24, 2.45) is 11.7 Å². The summed E-state index contributed by atoms with van der Waals surface area (Å²) < 4.78 is 5.00. The van der Waals surface area contributed by atoms with Gasteiger partial charge >= 0.3 is 6.09 Å². The van der Waals surface area contributed by atoms with Crippen molar-refractivity contribution < 1.29 is 9.53 Å². The summed E-state index contributed by atoms with van der Waals surface area (Å²) in [6, 6.07) is 0. The molecule has 0 aliphatic heterocycles. The fourth-order valence-corrected chi connectivity index (χ4v) is 0.941. The van der Waals surface area contributed by atoms with Crippen LogP contribution in [0.2, 0.25) is 0 Å². The van der Waals surface area contributed by atoms with Crippen molar-refractivity contribution in [2.45, 2.75) is 26.9 Å². The molecule has 0 aliphatic carbocycles. The van der Waals surface area contributed by atoms with E-state index < -0.39 is 0 Å². The Balaban J connectivity index is 4.01. The molecule has 1 atom stereocenters. The molecule has 0 radical (unpaired) electrons. The summed E-state index contributed by atoms with van der Waals surface area (Å²) >= 11 is 4.81. The van der Waals surface area contributed by atoms with Crippen LogP contribution in [0.3, 0.4) is 0 Å². The van der Waals surface area contributed by atoms with Crippen LogP contribution in [-0.2, 0) is 4.74 Å². The van der Waals surface area contributed by atoms with E-state index in [0.29, 0.717) is 11.5 Å². The van der Waals surface area contributed by atoms with Gasteiger partial charge < -0.3 is 15.4 Å². The monoisotopic (exact) mass is 218 g/mol. The maximum Gasteiger partial charge on any atom is 0.409 e. The number of carbonyl (C=O) groups is 1. The van der Waals surface area contributed by atoms with Gasteiger partial charge in [0.15, 0.2) is 0 Å². The van der Waals surface area contributed by atoms with Gasteiger partial charge in [0.1, 0.15) is 0 Å². The number of hydrogen-bond acceptors (Lipinski definition) is 3. The van der Waals surface area contributed by atoms with Gasteiger partial charge in [0, 0.05) is 19.5 Å². The number of rotatable bonds is 4. The number of carbonyl (C=O) groups excluding carboxylic acids is 1. The quantitative estimate of drug-likeness (QED) is 0.724. The molecule has 0 spiro atoms. The SMILES string of the molecule is CC(C)OC(=O)N(C)CC(C)C(N)=S. The summed E-state index contributed by atoms with van der Waals surface area (Å²) in [6.45, 7) is 5.98. The van der Waals surface area contributed by atoms with E-state index in [4.69, 9.17) is 22.7 Å². The van der Waals surface area contributed by atoms with Gasteiger partial charge in [-0.25, -0.2) is 4.79 Å². The minimum Gasteiger partial charge on any atom is -0.447 e. The first-order chi connectivity index (χ1) is 6.34. The van der Waals surface area contributed by atoms with Crippen molar-refractivity contribution in [1.82, 2.24) is 4.90 Å². The van der Waals surface area contributed by atoms with Crippen molar-refractivity contribution in [1.29, 1.82) is 0 Å². The van der Waals surface area contributed by atoms with E-state index in [-0.39, 0.29) is 18.1 Å². The maximum absolute atomic E-state index is 11.3. The maximum atomic E-state index is 11.3. The molecule has 0 heterocycles. The molecule has 0 saturated heterocycles. The molecule has 2 N–H and O–H groups in total. The summed E-state index contributed by atoms with van der Waals surface area (Å²) in [5.41, 5.74) is 5.44. The molecule has 4 nitrogen and oxygen atoms in total. The van der Waals surface area contributed by atoms with Gasteiger partial charge in [0.25, 0.3) is 0 Å². The Kier molecular flexibility index (Phi) is 5.45. The van der Waals surface area contributed by atoms with Crippen LogP contribution >= 0.6 is 12.2 Å². The van der Waals surface area contributed by atoms with Crippen molar-refractivity contribution >= 4 is 23.3 Å².